The van der Waals surface area contributed by atoms with Crippen LogP contribution in [-0.2, 0) is 4.74 Å². The molecule has 104 valence electrons. The summed E-state index contributed by atoms with van der Waals surface area (Å²) in [7, 11) is 0. The van der Waals surface area contributed by atoms with Crippen LogP contribution in [0.15, 0.2) is 0 Å². The maximum Gasteiger partial charge on any atom is 0.100 e. The molecule has 2 N–H and O–H groups in total. The van der Waals surface area contributed by atoms with E-state index >= 15 is 0 Å². The van der Waals surface area contributed by atoms with Crippen LogP contribution in [0.1, 0.15) is 64.7 Å². The molecule has 0 aliphatic rings. The van der Waals surface area contributed by atoms with Crippen molar-refractivity contribution in [3.05, 3.63) is 0 Å². The molecule has 0 bridgehead atoms. The minimum Gasteiger partial charge on any atom is -0.394 e. The van der Waals surface area contributed by atoms with Gasteiger partial charge in [0.25, 0.3) is 0 Å². The smallest absolute Gasteiger partial charge is 0.100 e. The zero-order valence-corrected chi connectivity index (χ0v) is 11.4. The summed E-state index contributed by atoms with van der Waals surface area (Å²) in [6.45, 7) is 2.99. The lowest BCUT2D eigenvalue weighted by Gasteiger charge is -2.07. The maximum absolute atomic E-state index is 9.03. The molecule has 0 aromatic carbocycles. The van der Waals surface area contributed by atoms with Crippen LogP contribution in [0.5, 0.6) is 0 Å². The second-order valence-corrected chi connectivity index (χ2v) is 4.74. The Labute approximate surface area is 106 Å². The molecule has 1 unspecified atom stereocenters. The van der Waals surface area contributed by atoms with E-state index in [1.165, 1.54) is 51.4 Å². The molecule has 0 amide bonds. The molecular weight excluding hydrogens is 216 g/mol. The molecule has 1 atom stereocenters. The largest absolute Gasteiger partial charge is 0.394 e. The van der Waals surface area contributed by atoms with Gasteiger partial charge < -0.3 is 14.9 Å². The first kappa shape index (κ1) is 16.9. The van der Waals surface area contributed by atoms with E-state index < -0.39 is 6.10 Å². The molecule has 0 aliphatic carbocycles. The Kier molecular flexibility index (Phi) is 13.8. The molecule has 0 saturated carbocycles. The van der Waals surface area contributed by atoms with E-state index in [9.17, 15) is 0 Å². The van der Waals surface area contributed by atoms with Crippen LogP contribution in [0, 0.1) is 0 Å². The van der Waals surface area contributed by atoms with Gasteiger partial charge in [0.15, 0.2) is 0 Å². The Balaban J connectivity index is 2.94. The molecule has 3 heteroatoms. The number of unbranched alkanes of at least 4 members (excludes halogenated alkanes) is 8. The molecule has 0 fully saturated rings. The quantitative estimate of drug-likeness (QED) is 0.491. The molecule has 17 heavy (non-hydrogen) atoms. The second kappa shape index (κ2) is 13.9. The van der Waals surface area contributed by atoms with Gasteiger partial charge in [-0.3, -0.25) is 0 Å². The number of hydrogen-bond acceptors (Lipinski definition) is 3. The molecule has 0 saturated heterocycles. The van der Waals surface area contributed by atoms with Gasteiger partial charge in [0.2, 0.25) is 0 Å². The van der Waals surface area contributed by atoms with Gasteiger partial charge in [-0.1, -0.05) is 58.3 Å². The van der Waals surface area contributed by atoms with Crippen LogP contribution in [0.25, 0.3) is 0 Å². The summed E-state index contributed by atoms with van der Waals surface area (Å²) in [6, 6.07) is 0. The first-order valence-corrected chi connectivity index (χ1v) is 7.18. The molecule has 0 radical (unpaired) electrons. The van der Waals surface area contributed by atoms with Crippen molar-refractivity contribution in [1.82, 2.24) is 0 Å². The van der Waals surface area contributed by atoms with Crippen molar-refractivity contribution in [3.63, 3.8) is 0 Å². The summed E-state index contributed by atoms with van der Waals surface area (Å²) in [5.41, 5.74) is 0. The topological polar surface area (TPSA) is 49.7 Å². The van der Waals surface area contributed by atoms with Crippen molar-refractivity contribution in [2.75, 3.05) is 19.8 Å². The SMILES string of the molecule is CCCCCCCCCCCOCC(O)CO. The summed E-state index contributed by atoms with van der Waals surface area (Å²) in [6.07, 6.45) is 11.0. The minimum absolute atomic E-state index is 0.211. The highest BCUT2D eigenvalue weighted by Gasteiger charge is 2.00. The number of hydrogen-bond donors (Lipinski definition) is 2. The lowest BCUT2D eigenvalue weighted by Crippen LogP contribution is -2.19. The molecule has 3 nitrogen and oxygen atoms in total. The lowest BCUT2D eigenvalue weighted by molar-refractivity contribution is 0.00526. The van der Waals surface area contributed by atoms with Crippen LogP contribution in [0.3, 0.4) is 0 Å². The van der Waals surface area contributed by atoms with Gasteiger partial charge >= 0.3 is 0 Å². The molecule has 0 aromatic rings. The van der Waals surface area contributed by atoms with Crippen molar-refractivity contribution in [2.45, 2.75) is 70.8 Å². The number of aliphatic hydroxyl groups excluding tert-OH is 2. The molecule has 0 rings (SSSR count). The fourth-order valence-corrected chi connectivity index (χ4v) is 1.79. The normalized spacial score (nSPS) is 12.9. The van der Waals surface area contributed by atoms with Gasteiger partial charge in [0, 0.05) is 6.61 Å². The zero-order valence-electron chi connectivity index (χ0n) is 11.4. The third kappa shape index (κ3) is 13.8. The van der Waals surface area contributed by atoms with E-state index in [0.29, 0.717) is 6.61 Å². The molecule has 0 heterocycles. The van der Waals surface area contributed by atoms with Gasteiger partial charge in [-0.05, 0) is 6.42 Å². The first-order valence-electron chi connectivity index (χ1n) is 7.18. The Bertz CT molecular complexity index is 139. The summed E-state index contributed by atoms with van der Waals surface area (Å²) < 4.78 is 5.24. The monoisotopic (exact) mass is 246 g/mol. The molecule has 0 spiro atoms. The van der Waals surface area contributed by atoms with Crippen LogP contribution in [-0.4, -0.2) is 36.1 Å². The first-order chi connectivity index (χ1) is 8.31. The Hall–Kier alpha value is -0.120. The van der Waals surface area contributed by atoms with Crippen molar-refractivity contribution in [1.29, 1.82) is 0 Å². The van der Waals surface area contributed by atoms with E-state index in [2.05, 4.69) is 6.92 Å². The van der Waals surface area contributed by atoms with Crippen molar-refractivity contribution in [3.8, 4) is 0 Å². The predicted octanol–water partition coefficient (Wildman–Crippen LogP) is 2.89. The highest BCUT2D eigenvalue weighted by molar-refractivity contribution is 4.50. The Morgan fingerprint density at radius 3 is 1.94 bits per heavy atom. The summed E-state index contributed by atoms with van der Waals surface area (Å²) in [5, 5.41) is 17.6. The number of rotatable bonds is 13. The average molecular weight is 246 g/mol. The standard InChI is InChI=1S/C14H30O3/c1-2-3-4-5-6-7-8-9-10-11-17-13-14(16)12-15/h14-16H,2-13H2,1H3. The maximum atomic E-state index is 9.03. The Morgan fingerprint density at radius 1 is 0.882 bits per heavy atom. The van der Waals surface area contributed by atoms with E-state index in [-0.39, 0.29) is 13.2 Å². The average Bonchev–Trinajstić information content (AvgIpc) is 2.35. The third-order valence-electron chi connectivity index (χ3n) is 2.91. The van der Waals surface area contributed by atoms with Crippen molar-refractivity contribution < 1.29 is 14.9 Å². The van der Waals surface area contributed by atoms with Gasteiger partial charge in [-0.25, -0.2) is 0 Å². The van der Waals surface area contributed by atoms with Crippen molar-refractivity contribution in [2.24, 2.45) is 0 Å². The summed E-state index contributed by atoms with van der Waals surface area (Å²) in [5.74, 6) is 0. The number of ether oxygens (including phenoxy) is 1. The van der Waals surface area contributed by atoms with E-state index in [1.54, 1.807) is 0 Å². The third-order valence-corrected chi connectivity index (χ3v) is 2.91. The van der Waals surface area contributed by atoms with E-state index in [0.717, 1.165) is 6.42 Å². The predicted molar refractivity (Wildman–Crippen MR) is 71.1 cm³/mol. The fraction of sp³-hybridized carbons (Fsp3) is 1.00. The van der Waals surface area contributed by atoms with Gasteiger partial charge in [0.05, 0.1) is 13.2 Å². The van der Waals surface area contributed by atoms with Crippen LogP contribution in [0.2, 0.25) is 0 Å². The summed E-state index contributed by atoms with van der Waals surface area (Å²) >= 11 is 0. The fourth-order valence-electron chi connectivity index (χ4n) is 1.79. The van der Waals surface area contributed by atoms with Gasteiger partial charge in [-0.15, -0.1) is 0 Å². The zero-order chi connectivity index (χ0) is 12.8. The molecule has 0 aliphatic heterocycles. The van der Waals surface area contributed by atoms with E-state index in [4.69, 9.17) is 14.9 Å². The van der Waals surface area contributed by atoms with Crippen LogP contribution < -0.4 is 0 Å². The summed E-state index contributed by atoms with van der Waals surface area (Å²) in [4.78, 5) is 0. The van der Waals surface area contributed by atoms with Crippen LogP contribution in [0.4, 0.5) is 0 Å². The number of aliphatic hydroxyl groups is 2. The second-order valence-electron chi connectivity index (χ2n) is 4.74. The highest BCUT2D eigenvalue weighted by atomic mass is 16.5. The van der Waals surface area contributed by atoms with Crippen molar-refractivity contribution >= 4 is 0 Å². The highest BCUT2D eigenvalue weighted by Crippen LogP contribution is 2.09. The van der Waals surface area contributed by atoms with Crippen LogP contribution >= 0.6 is 0 Å². The molecular formula is C14H30O3. The van der Waals surface area contributed by atoms with Gasteiger partial charge in [-0.2, -0.15) is 0 Å². The van der Waals surface area contributed by atoms with E-state index in [1.807, 2.05) is 0 Å². The minimum atomic E-state index is -0.714. The Morgan fingerprint density at radius 2 is 1.41 bits per heavy atom. The lowest BCUT2D eigenvalue weighted by atomic mass is 10.1. The van der Waals surface area contributed by atoms with Gasteiger partial charge in [0.1, 0.15) is 6.10 Å². The molecule has 0 aromatic heterocycles.